The van der Waals surface area contributed by atoms with Crippen molar-refractivity contribution in [1.29, 1.82) is 0 Å². The summed E-state index contributed by atoms with van der Waals surface area (Å²) in [6, 6.07) is 1.05. The third-order valence-electron chi connectivity index (χ3n) is 2.90. The summed E-state index contributed by atoms with van der Waals surface area (Å²) in [5, 5.41) is 5.68. The third-order valence-corrected chi connectivity index (χ3v) is 2.90. The molecule has 1 aromatic rings. The highest BCUT2D eigenvalue weighted by Crippen LogP contribution is 2.27. The number of aromatic amines is 1. The van der Waals surface area contributed by atoms with Crippen molar-refractivity contribution < 1.29 is 17.9 Å². The third kappa shape index (κ3) is 3.46. The van der Waals surface area contributed by atoms with Crippen molar-refractivity contribution in [3.63, 3.8) is 0 Å². The Hall–Kier alpha value is -1.08. The van der Waals surface area contributed by atoms with E-state index in [1.54, 1.807) is 0 Å². The van der Waals surface area contributed by atoms with E-state index in [1.807, 2.05) is 11.9 Å². The van der Waals surface area contributed by atoms with Crippen molar-refractivity contribution in [2.45, 2.75) is 31.7 Å². The van der Waals surface area contributed by atoms with Crippen LogP contribution in [0.5, 0.6) is 0 Å². The summed E-state index contributed by atoms with van der Waals surface area (Å²) in [4.78, 5) is 1.93. The van der Waals surface area contributed by atoms with Gasteiger partial charge in [-0.05, 0) is 26.0 Å². The van der Waals surface area contributed by atoms with Crippen LogP contribution in [0.3, 0.4) is 0 Å². The van der Waals surface area contributed by atoms with E-state index in [1.165, 1.54) is 0 Å². The zero-order chi connectivity index (χ0) is 13.2. The van der Waals surface area contributed by atoms with Crippen molar-refractivity contribution in [2.24, 2.45) is 0 Å². The topological polar surface area (TPSA) is 41.2 Å². The largest absolute Gasteiger partial charge is 0.435 e. The van der Waals surface area contributed by atoms with Gasteiger partial charge in [0.15, 0.2) is 5.69 Å². The van der Waals surface area contributed by atoms with Gasteiger partial charge in [-0.25, -0.2) is 0 Å². The number of ether oxygens (including phenoxy) is 1. The quantitative estimate of drug-likeness (QED) is 0.903. The Bertz CT molecular complexity index is 385. The number of H-pyrrole nitrogens is 1. The van der Waals surface area contributed by atoms with Crippen LogP contribution in [0, 0.1) is 0 Å². The second kappa shape index (κ2) is 5.27. The molecule has 1 saturated heterocycles. The first kappa shape index (κ1) is 13.4. The number of likely N-dealkylation sites (N-methyl/N-ethyl adjacent to an activating group) is 1. The lowest BCUT2D eigenvalue weighted by Gasteiger charge is -2.19. The Morgan fingerprint density at radius 3 is 2.89 bits per heavy atom. The summed E-state index contributed by atoms with van der Waals surface area (Å²) < 4.78 is 42.5. The summed E-state index contributed by atoms with van der Waals surface area (Å²) in [6.45, 7) is 1.91. The average Bonchev–Trinajstić information content (AvgIpc) is 2.87. The molecule has 1 fully saturated rings. The van der Waals surface area contributed by atoms with Gasteiger partial charge in [-0.15, -0.1) is 0 Å². The van der Waals surface area contributed by atoms with Crippen LogP contribution in [-0.4, -0.2) is 41.4 Å². The molecule has 0 aromatic carbocycles. The monoisotopic (exact) mass is 263 g/mol. The summed E-state index contributed by atoms with van der Waals surface area (Å²) in [7, 11) is 1.86. The number of aromatic nitrogens is 2. The minimum absolute atomic E-state index is 0.194. The standard InChI is InChI=1S/C11H16F3N3O/c1-17(7-9-3-2-4-18-9)6-8-5-10(16-15-8)11(12,13)14/h5,9H,2-4,6-7H2,1H3,(H,15,16). The molecule has 0 spiro atoms. The number of hydrogen-bond donors (Lipinski definition) is 1. The van der Waals surface area contributed by atoms with Gasteiger partial charge in [-0.2, -0.15) is 18.3 Å². The molecule has 1 aliphatic heterocycles. The first-order valence-corrected chi connectivity index (χ1v) is 5.87. The molecule has 102 valence electrons. The van der Waals surface area contributed by atoms with E-state index in [-0.39, 0.29) is 6.10 Å². The fraction of sp³-hybridized carbons (Fsp3) is 0.727. The molecule has 18 heavy (non-hydrogen) atoms. The average molecular weight is 263 g/mol. The maximum atomic E-state index is 12.4. The number of nitrogens with zero attached hydrogens (tertiary/aromatic N) is 2. The zero-order valence-electron chi connectivity index (χ0n) is 10.1. The smallest absolute Gasteiger partial charge is 0.377 e. The van der Waals surface area contributed by atoms with Gasteiger partial charge in [-0.3, -0.25) is 10.00 Å². The Balaban J connectivity index is 1.86. The Kier molecular flexibility index (Phi) is 3.91. The van der Waals surface area contributed by atoms with E-state index in [9.17, 15) is 13.2 Å². The van der Waals surface area contributed by atoms with Crippen LogP contribution >= 0.6 is 0 Å². The van der Waals surface area contributed by atoms with Crippen LogP contribution in [0.25, 0.3) is 0 Å². The molecule has 0 bridgehead atoms. The molecule has 1 N–H and O–H groups in total. The van der Waals surface area contributed by atoms with E-state index in [2.05, 4.69) is 10.2 Å². The lowest BCUT2D eigenvalue weighted by Crippen LogP contribution is -2.28. The Labute approximate surface area is 103 Å². The molecular weight excluding hydrogens is 247 g/mol. The van der Waals surface area contributed by atoms with Crippen LogP contribution in [0.15, 0.2) is 6.07 Å². The molecule has 4 nitrogen and oxygen atoms in total. The normalized spacial score (nSPS) is 20.8. The lowest BCUT2D eigenvalue weighted by atomic mass is 10.2. The van der Waals surface area contributed by atoms with Gasteiger partial charge >= 0.3 is 6.18 Å². The number of halogens is 3. The van der Waals surface area contributed by atoms with Crippen LogP contribution in [0.4, 0.5) is 13.2 Å². The van der Waals surface area contributed by atoms with Crippen molar-refractivity contribution in [3.8, 4) is 0 Å². The number of alkyl halides is 3. The second-order valence-corrected chi connectivity index (χ2v) is 4.61. The van der Waals surface area contributed by atoms with Crippen LogP contribution in [0.2, 0.25) is 0 Å². The maximum absolute atomic E-state index is 12.4. The predicted octanol–water partition coefficient (Wildman–Crippen LogP) is 2.04. The molecule has 2 rings (SSSR count). The van der Waals surface area contributed by atoms with Gasteiger partial charge in [0.2, 0.25) is 0 Å². The van der Waals surface area contributed by atoms with E-state index in [0.717, 1.165) is 32.1 Å². The van der Waals surface area contributed by atoms with Crippen molar-refractivity contribution in [2.75, 3.05) is 20.2 Å². The predicted molar refractivity (Wildman–Crippen MR) is 58.9 cm³/mol. The molecule has 0 aliphatic carbocycles. The van der Waals surface area contributed by atoms with Gasteiger partial charge in [0.1, 0.15) is 0 Å². The lowest BCUT2D eigenvalue weighted by molar-refractivity contribution is -0.141. The molecule has 2 heterocycles. The fourth-order valence-corrected chi connectivity index (χ4v) is 2.08. The molecular formula is C11H16F3N3O. The second-order valence-electron chi connectivity index (χ2n) is 4.61. The van der Waals surface area contributed by atoms with Gasteiger partial charge in [0, 0.05) is 25.4 Å². The van der Waals surface area contributed by atoms with Crippen molar-refractivity contribution in [1.82, 2.24) is 15.1 Å². The SMILES string of the molecule is CN(Cc1cc(C(F)(F)F)n[nH]1)CC1CCCO1. The van der Waals surface area contributed by atoms with Gasteiger partial charge in [-0.1, -0.05) is 0 Å². The number of rotatable bonds is 4. The highest BCUT2D eigenvalue weighted by atomic mass is 19.4. The van der Waals surface area contributed by atoms with Gasteiger partial charge < -0.3 is 4.74 Å². The van der Waals surface area contributed by atoms with E-state index >= 15 is 0 Å². The van der Waals surface area contributed by atoms with Crippen LogP contribution in [0.1, 0.15) is 24.2 Å². The first-order valence-electron chi connectivity index (χ1n) is 5.87. The minimum atomic E-state index is -4.39. The van der Waals surface area contributed by atoms with Crippen molar-refractivity contribution in [3.05, 3.63) is 17.5 Å². The molecule has 1 atom stereocenters. The summed E-state index contributed by atoms with van der Waals surface area (Å²) in [6.07, 6.45) is -2.12. The molecule has 1 aliphatic rings. The Morgan fingerprint density at radius 1 is 1.56 bits per heavy atom. The molecule has 0 radical (unpaired) electrons. The highest BCUT2D eigenvalue weighted by Gasteiger charge is 2.33. The van der Waals surface area contributed by atoms with Gasteiger partial charge in [0.25, 0.3) is 0 Å². The number of nitrogens with one attached hydrogen (secondary N) is 1. The number of hydrogen-bond acceptors (Lipinski definition) is 3. The molecule has 1 unspecified atom stereocenters. The fourth-order valence-electron chi connectivity index (χ4n) is 2.08. The summed E-state index contributed by atoms with van der Waals surface area (Å²) in [5.74, 6) is 0. The molecule has 0 saturated carbocycles. The molecule has 0 amide bonds. The zero-order valence-corrected chi connectivity index (χ0v) is 10.1. The van der Waals surface area contributed by atoms with E-state index in [0.29, 0.717) is 12.2 Å². The molecule has 7 heteroatoms. The van der Waals surface area contributed by atoms with Crippen LogP contribution < -0.4 is 0 Å². The van der Waals surface area contributed by atoms with Gasteiger partial charge in [0.05, 0.1) is 6.10 Å². The summed E-state index contributed by atoms with van der Waals surface area (Å²) in [5.41, 5.74) is -0.411. The van der Waals surface area contributed by atoms with Crippen LogP contribution in [-0.2, 0) is 17.5 Å². The van der Waals surface area contributed by atoms with E-state index < -0.39 is 11.9 Å². The first-order chi connectivity index (χ1) is 8.45. The summed E-state index contributed by atoms with van der Waals surface area (Å²) >= 11 is 0. The van der Waals surface area contributed by atoms with Crippen molar-refractivity contribution >= 4 is 0 Å². The molecule has 1 aromatic heterocycles. The maximum Gasteiger partial charge on any atom is 0.435 e. The minimum Gasteiger partial charge on any atom is -0.377 e. The highest BCUT2D eigenvalue weighted by molar-refractivity contribution is 5.11. The Morgan fingerprint density at radius 2 is 2.33 bits per heavy atom. The van der Waals surface area contributed by atoms with E-state index in [4.69, 9.17) is 4.74 Å².